The molecule has 0 saturated carbocycles. The molecule has 0 spiro atoms. The van der Waals surface area contributed by atoms with Crippen molar-refractivity contribution in [1.82, 2.24) is 10.2 Å². The Morgan fingerprint density at radius 1 is 1.50 bits per heavy atom. The van der Waals surface area contributed by atoms with Crippen molar-refractivity contribution in [1.29, 1.82) is 0 Å². The molecule has 0 unspecified atom stereocenters. The molecular weight excluding hydrogens is 180 g/mol. The molecular formula is C10H8N2O2. The molecule has 0 aliphatic carbocycles. The summed E-state index contributed by atoms with van der Waals surface area (Å²) in [4.78, 5) is 10.3. The summed E-state index contributed by atoms with van der Waals surface area (Å²) in [5.41, 5.74) is 1.75. The number of carboxylic acids is 1. The Balaban J connectivity index is 2.51. The number of H-pyrrole nitrogens is 1. The number of hydrogen-bond acceptors (Lipinski definition) is 2. The highest BCUT2D eigenvalue weighted by Crippen LogP contribution is 2.16. The van der Waals surface area contributed by atoms with E-state index < -0.39 is 5.97 Å². The molecule has 14 heavy (non-hydrogen) atoms. The third kappa shape index (κ3) is 1.50. The Kier molecular flexibility index (Phi) is 2.02. The topological polar surface area (TPSA) is 66.0 Å². The van der Waals surface area contributed by atoms with Crippen molar-refractivity contribution in [3.63, 3.8) is 0 Å². The van der Waals surface area contributed by atoms with Gasteiger partial charge in [-0.05, 0) is 17.7 Å². The van der Waals surface area contributed by atoms with Crippen molar-refractivity contribution >= 4 is 22.9 Å². The van der Waals surface area contributed by atoms with Crippen LogP contribution in [-0.4, -0.2) is 21.3 Å². The van der Waals surface area contributed by atoms with Gasteiger partial charge in [-0.3, -0.25) is 5.10 Å². The number of hydrogen-bond donors (Lipinski definition) is 2. The minimum Gasteiger partial charge on any atom is -0.478 e. The average molecular weight is 188 g/mol. The van der Waals surface area contributed by atoms with Crippen LogP contribution in [0.5, 0.6) is 0 Å². The monoisotopic (exact) mass is 188 g/mol. The van der Waals surface area contributed by atoms with Gasteiger partial charge in [-0.2, -0.15) is 5.10 Å². The number of carbonyl (C=O) groups is 1. The fraction of sp³-hybridized carbons (Fsp3) is 0. The number of benzene rings is 1. The molecule has 0 aliphatic heterocycles. The normalized spacial score (nSPS) is 11.1. The van der Waals surface area contributed by atoms with Gasteiger partial charge in [-0.1, -0.05) is 12.1 Å². The zero-order chi connectivity index (χ0) is 9.97. The van der Waals surface area contributed by atoms with Gasteiger partial charge in [-0.25, -0.2) is 4.79 Å². The third-order valence-corrected chi connectivity index (χ3v) is 1.92. The summed E-state index contributed by atoms with van der Waals surface area (Å²) in [6, 6.07) is 5.58. The lowest BCUT2D eigenvalue weighted by molar-refractivity contribution is -0.131. The van der Waals surface area contributed by atoms with E-state index in [9.17, 15) is 4.79 Å². The number of nitrogens with zero attached hydrogens (tertiary/aromatic N) is 1. The van der Waals surface area contributed by atoms with Crippen LogP contribution >= 0.6 is 0 Å². The van der Waals surface area contributed by atoms with E-state index in [1.807, 2.05) is 18.2 Å². The first-order chi connectivity index (χ1) is 6.77. The zero-order valence-corrected chi connectivity index (χ0v) is 7.27. The van der Waals surface area contributed by atoms with Gasteiger partial charge in [0, 0.05) is 11.5 Å². The van der Waals surface area contributed by atoms with E-state index in [4.69, 9.17) is 5.11 Å². The summed E-state index contributed by atoms with van der Waals surface area (Å²) in [6.07, 6.45) is 4.35. The van der Waals surface area contributed by atoms with E-state index in [0.717, 1.165) is 22.5 Å². The van der Waals surface area contributed by atoms with E-state index in [2.05, 4.69) is 10.2 Å². The highest BCUT2D eigenvalue weighted by molar-refractivity contribution is 5.92. The molecule has 2 aromatic rings. The number of carboxylic acid groups (broad SMARTS) is 1. The smallest absolute Gasteiger partial charge is 0.328 e. The Hall–Kier alpha value is -2.10. The van der Waals surface area contributed by atoms with Crippen molar-refractivity contribution in [2.24, 2.45) is 0 Å². The Labute approximate surface area is 79.9 Å². The lowest BCUT2D eigenvalue weighted by Gasteiger charge is -1.93. The Morgan fingerprint density at radius 3 is 3.14 bits per heavy atom. The summed E-state index contributed by atoms with van der Waals surface area (Å²) in [5, 5.41) is 16.1. The van der Waals surface area contributed by atoms with Gasteiger partial charge >= 0.3 is 5.97 Å². The number of aromatic amines is 1. The molecule has 0 saturated heterocycles. The third-order valence-electron chi connectivity index (χ3n) is 1.92. The summed E-state index contributed by atoms with van der Waals surface area (Å²) >= 11 is 0. The predicted molar refractivity (Wildman–Crippen MR) is 52.8 cm³/mol. The molecule has 1 aromatic heterocycles. The van der Waals surface area contributed by atoms with Crippen LogP contribution in [0, 0.1) is 0 Å². The van der Waals surface area contributed by atoms with Crippen molar-refractivity contribution < 1.29 is 9.90 Å². The Morgan fingerprint density at radius 2 is 2.36 bits per heavy atom. The van der Waals surface area contributed by atoms with Gasteiger partial charge in [0.15, 0.2) is 0 Å². The lowest BCUT2D eigenvalue weighted by atomic mass is 10.1. The van der Waals surface area contributed by atoms with Gasteiger partial charge in [0.25, 0.3) is 0 Å². The van der Waals surface area contributed by atoms with E-state index in [0.29, 0.717) is 0 Å². The second-order valence-electron chi connectivity index (χ2n) is 2.85. The molecule has 1 heterocycles. The van der Waals surface area contributed by atoms with E-state index in [-0.39, 0.29) is 0 Å². The molecule has 70 valence electrons. The molecule has 4 nitrogen and oxygen atoms in total. The Bertz CT molecular complexity index is 500. The molecule has 0 aliphatic rings. The van der Waals surface area contributed by atoms with Gasteiger partial charge in [-0.15, -0.1) is 0 Å². The van der Waals surface area contributed by atoms with Crippen molar-refractivity contribution in [2.45, 2.75) is 0 Å². The summed E-state index contributed by atoms with van der Waals surface area (Å²) in [5.74, 6) is -0.953. The first kappa shape index (κ1) is 8.50. The second-order valence-corrected chi connectivity index (χ2v) is 2.85. The van der Waals surface area contributed by atoms with Crippen LogP contribution < -0.4 is 0 Å². The molecule has 2 N–H and O–H groups in total. The number of aromatic nitrogens is 2. The summed E-state index contributed by atoms with van der Waals surface area (Å²) < 4.78 is 0. The molecule has 0 radical (unpaired) electrons. The number of rotatable bonds is 2. The second kappa shape index (κ2) is 3.33. The fourth-order valence-electron chi connectivity index (χ4n) is 1.30. The molecule has 2 rings (SSSR count). The van der Waals surface area contributed by atoms with Crippen molar-refractivity contribution in [3.05, 3.63) is 36.0 Å². The number of nitrogens with one attached hydrogen (secondary N) is 1. The van der Waals surface area contributed by atoms with Crippen LogP contribution in [0.25, 0.3) is 17.0 Å². The fourth-order valence-corrected chi connectivity index (χ4v) is 1.30. The first-order valence-corrected chi connectivity index (χ1v) is 4.10. The predicted octanol–water partition coefficient (Wildman–Crippen LogP) is 1.66. The van der Waals surface area contributed by atoms with Crippen LogP contribution in [0.3, 0.4) is 0 Å². The summed E-state index contributed by atoms with van der Waals surface area (Å²) in [6.45, 7) is 0. The molecule has 0 bridgehead atoms. The van der Waals surface area contributed by atoms with Crippen LogP contribution in [0.1, 0.15) is 5.56 Å². The largest absolute Gasteiger partial charge is 0.478 e. The van der Waals surface area contributed by atoms with Crippen LogP contribution in [0.15, 0.2) is 30.5 Å². The number of aliphatic carboxylic acids is 1. The van der Waals surface area contributed by atoms with E-state index in [1.54, 1.807) is 12.3 Å². The van der Waals surface area contributed by atoms with Crippen molar-refractivity contribution in [2.75, 3.05) is 0 Å². The van der Waals surface area contributed by atoms with Gasteiger partial charge in [0.2, 0.25) is 0 Å². The SMILES string of the molecule is O=C(O)/C=C\c1cccc2[nH]ncc12. The minimum atomic E-state index is -0.953. The maximum Gasteiger partial charge on any atom is 0.328 e. The standard InChI is InChI=1S/C10H8N2O2/c13-10(14)5-4-7-2-1-3-9-8(7)6-11-12-9/h1-6H,(H,11,12)(H,13,14)/b5-4-. The molecule has 1 aromatic carbocycles. The summed E-state index contributed by atoms with van der Waals surface area (Å²) in [7, 11) is 0. The molecule has 0 fully saturated rings. The van der Waals surface area contributed by atoms with E-state index >= 15 is 0 Å². The average Bonchev–Trinajstić information content (AvgIpc) is 2.62. The molecule has 4 heteroatoms. The maximum absolute atomic E-state index is 10.3. The maximum atomic E-state index is 10.3. The van der Waals surface area contributed by atoms with Gasteiger partial charge in [0.05, 0.1) is 11.7 Å². The van der Waals surface area contributed by atoms with E-state index in [1.165, 1.54) is 0 Å². The van der Waals surface area contributed by atoms with Gasteiger partial charge in [0.1, 0.15) is 0 Å². The lowest BCUT2D eigenvalue weighted by Crippen LogP contribution is -1.85. The van der Waals surface area contributed by atoms with Crippen LogP contribution in [-0.2, 0) is 4.79 Å². The highest BCUT2D eigenvalue weighted by Gasteiger charge is 1.98. The quantitative estimate of drug-likeness (QED) is 0.704. The zero-order valence-electron chi connectivity index (χ0n) is 7.27. The minimum absolute atomic E-state index is 0.846. The molecule has 0 atom stereocenters. The molecule has 0 amide bonds. The van der Waals surface area contributed by atoms with Crippen LogP contribution in [0.2, 0.25) is 0 Å². The first-order valence-electron chi connectivity index (χ1n) is 4.10. The van der Waals surface area contributed by atoms with Gasteiger partial charge < -0.3 is 5.11 Å². The van der Waals surface area contributed by atoms with Crippen molar-refractivity contribution in [3.8, 4) is 0 Å². The number of fused-ring (bicyclic) bond motifs is 1. The van der Waals surface area contributed by atoms with Crippen LogP contribution in [0.4, 0.5) is 0 Å². The highest BCUT2D eigenvalue weighted by atomic mass is 16.4.